The zero-order valence-corrected chi connectivity index (χ0v) is 12.9. The van der Waals surface area contributed by atoms with Crippen LogP contribution in [0.15, 0.2) is 23.1 Å². The summed E-state index contributed by atoms with van der Waals surface area (Å²) in [4.78, 5) is 0.685. The molecule has 1 aromatic rings. The van der Waals surface area contributed by atoms with Crippen LogP contribution in [0.2, 0.25) is 0 Å². The molecule has 1 rings (SSSR count). The second-order valence-electron chi connectivity index (χ2n) is 4.25. The second kappa shape index (κ2) is 9.88. The molecule has 0 saturated carbocycles. The third-order valence-corrected chi connectivity index (χ3v) is 4.13. The highest BCUT2D eigenvalue weighted by Gasteiger charge is 2.09. The topological polar surface area (TPSA) is 70.8 Å². The Labute approximate surface area is 122 Å². The van der Waals surface area contributed by atoms with Crippen molar-refractivity contribution in [3.05, 3.63) is 23.8 Å². The van der Waals surface area contributed by atoms with Crippen LogP contribution in [0.25, 0.3) is 0 Å². The van der Waals surface area contributed by atoms with Crippen molar-refractivity contribution in [1.29, 1.82) is 0 Å². The van der Waals surface area contributed by atoms with Crippen LogP contribution < -0.4 is 5.73 Å². The summed E-state index contributed by atoms with van der Waals surface area (Å²) in [6.07, 6.45) is 0. The number of benzene rings is 1. The molecule has 114 valence electrons. The number of hydrogen-bond donors (Lipinski definition) is 1. The van der Waals surface area contributed by atoms with Gasteiger partial charge in [-0.15, -0.1) is 0 Å². The Kier molecular flexibility index (Phi) is 8.45. The molecular formula is C14H23NO4S. The number of hydrogen-bond acceptors (Lipinski definition) is 5. The van der Waals surface area contributed by atoms with Gasteiger partial charge in [-0.25, -0.2) is 0 Å². The summed E-state index contributed by atoms with van der Waals surface area (Å²) in [5.41, 5.74) is 7.47. The van der Waals surface area contributed by atoms with Crippen molar-refractivity contribution in [2.75, 3.05) is 51.6 Å². The number of ether oxygens (including phenoxy) is 3. The lowest BCUT2D eigenvalue weighted by atomic mass is 10.2. The monoisotopic (exact) mass is 301 g/mol. The van der Waals surface area contributed by atoms with Gasteiger partial charge in [-0.1, -0.05) is 12.1 Å². The largest absolute Gasteiger partial charge is 0.398 e. The third kappa shape index (κ3) is 6.00. The summed E-state index contributed by atoms with van der Waals surface area (Å²) in [7, 11) is 0.505. The standard InChI is InChI=1S/C14H23NO4S/c1-12-4-3-5-13(14(12)15)20(16)11-10-19-9-8-18-7-6-17-2/h3-5H,6-11,15H2,1-2H3. The van der Waals surface area contributed by atoms with Crippen molar-refractivity contribution in [3.63, 3.8) is 0 Å². The van der Waals surface area contributed by atoms with Gasteiger partial charge in [0.05, 0.1) is 60.2 Å². The number of anilines is 1. The fourth-order valence-corrected chi connectivity index (χ4v) is 2.69. The molecular weight excluding hydrogens is 278 g/mol. The Morgan fingerprint density at radius 1 is 1.10 bits per heavy atom. The molecule has 0 saturated heterocycles. The minimum Gasteiger partial charge on any atom is -0.398 e. The molecule has 0 radical (unpaired) electrons. The molecule has 0 heterocycles. The molecule has 20 heavy (non-hydrogen) atoms. The maximum absolute atomic E-state index is 12.1. The lowest BCUT2D eigenvalue weighted by molar-refractivity contribution is 0.0285. The van der Waals surface area contributed by atoms with Gasteiger partial charge in [0.25, 0.3) is 0 Å². The number of para-hydroxylation sites is 1. The van der Waals surface area contributed by atoms with Crippen LogP contribution in [0.5, 0.6) is 0 Å². The molecule has 0 spiro atoms. The van der Waals surface area contributed by atoms with E-state index in [2.05, 4.69) is 0 Å². The molecule has 6 heteroatoms. The lowest BCUT2D eigenvalue weighted by Crippen LogP contribution is -2.12. The van der Waals surface area contributed by atoms with E-state index >= 15 is 0 Å². The first kappa shape index (κ1) is 17.1. The van der Waals surface area contributed by atoms with Crippen LogP contribution in [-0.4, -0.2) is 50.1 Å². The number of rotatable bonds is 10. The van der Waals surface area contributed by atoms with Gasteiger partial charge in [-0.3, -0.25) is 4.21 Å². The molecule has 2 N–H and O–H groups in total. The summed E-state index contributed by atoms with van der Waals surface area (Å²) in [5, 5.41) is 0. The van der Waals surface area contributed by atoms with E-state index in [1.165, 1.54) is 0 Å². The molecule has 0 aliphatic carbocycles. The average Bonchev–Trinajstić information content (AvgIpc) is 2.44. The normalized spacial score (nSPS) is 12.5. The Morgan fingerprint density at radius 3 is 2.45 bits per heavy atom. The Bertz CT molecular complexity index is 426. The van der Waals surface area contributed by atoms with Crippen molar-refractivity contribution in [3.8, 4) is 0 Å². The molecule has 0 aliphatic heterocycles. The van der Waals surface area contributed by atoms with Gasteiger partial charge in [0.15, 0.2) is 0 Å². The summed E-state index contributed by atoms with van der Waals surface area (Å²) in [5.74, 6) is 0.436. The van der Waals surface area contributed by atoms with Gasteiger partial charge in [-0.05, 0) is 18.6 Å². The van der Waals surface area contributed by atoms with Crippen molar-refractivity contribution in [2.24, 2.45) is 0 Å². The van der Waals surface area contributed by atoms with Crippen molar-refractivity contribution in [2.45, 2.75) is 11.8 Å². The molecule has 1 aromatic carbocycles. The zero-order valence-electron chi connectivity index (χ0n) is 12.1. The van der Waals surface area contributed by atoms with Crippen molar-refractivity contribution >= 4 is 16.5 Å². The van der Waals surface area contributed by atoms with Gasteiger partial charge in [0, 0.05) is 7.11 Å². The highest BCUT2D eigenvalue weighted by atomic mass is 32.2. The van der Waals surface area contributed by atoms with E-state index in [0.717, 1.165) is 5.56 Å². The summed E-state index contributed by atoms with van der Waals surface area (Å²) >= 11 is 0. The summed E-state index contributed by atoms with van der Waals surface area (Å²) in [6.45, 7) is 4.48. The average molecular weight is 301 g/mol. The van der Waals surface area contributed by atoms with Gasteiger partial charge in [-0.2, -0.15) is 0 Å². The smallest absolute Gasteiger partial charge is 0.0701 e. The molecule has 0 fully saturated rings. The molecule has 0 aliphatic rings. The van der Waals surface area contributed by atoms with Gasteiger partial charge in [0.2, 0.25) is 0 Å². The SMILES string of the molecule is COCCOCCOCCS(=O)c1cccc(C)c1N. The molecule has 1 unspecified atom stereocenters. The highest BCUT2D eigenvalue weighted by Crippen LogP contribution is 2.20. The van der Waals surface area contributed by atoms with Gasteiger partial charge in [0.1, 0.15) is 0 Å². The third-order valence-electron chi connectivity index (χ3n) is 2.75. The van der Waals surface area contributed by atoms with E-state index in [1.807, 2.05) is 19.1 Å². The molecule has 1 atom stereocenters. The molecule has 0 bridgehead atoms. The van der Waals surface area contributed by atoms with Crippen molar-refractivity contribution in [1.82, 2.24) is 0 Å². The first-order valence-corrected chi connectivity index (χ1v) is 7.86. The molecule has 0 amide bonds. The van der Waals surface area contributed by atoms with Crippen LogP contribution in [0.4, 0.5) is 5.69 Å². The van der Waals surface area contributed by atoms with E-state index in [0.29, 0.717) is 49.4 Å². The summed E-state index contributed by atoms with van der Waals surface area (Å²) in [6, 6.07) is 5.57. The molecule has 0 aromatic heterocycles. The molecule has 5 nitrogen and oxygen atoms in total. The summed E-state index contributed by atoms with van der Waals surface area (Å²) < 4.78 is 27.6. The minimum absolute atomic E-state index is 0.424. The van der Waals surface area contributed by atoms with E-state index in [1.54, 1.807) is 13.2 Å². The maximum atomic E-state index is 12.1. The Morgan fingerprint density at radius 2 is 1.75 bits per heavy atom. The first-order chi connectivity index (χ1) is 9.66. The maximum Gasteiger partial charge on any atom is 0.0701 e. The minimum atomic E-state index is -1.13. The lowest BCUT2D eigenvalue weighted by Gasteiger charge is -2.09. The van der Waals surface area contributed by atoms with E-state index < -0.39 is 10.8 Å². The predicted molar refractivity (Wildman–Crippen MR) is 80.4 cm³/mol. The number of nitrogens with two attached hydrogens (primary N) is 1. The van der Waals surface area contributed by atoms with E-state index in [-0.39, 0.29) is 0 Å². The fourth-order valence-electron chi connectivity index (χ4n) is 1.56. The van der Waals surface area contributed by atoms with Crippen LogP contribution in [0.3, 0.4) is 0 Å². The van der Waals surface area contributed by atoms with Crippen LogP contribution in [-0.2, 0) is 25.0 Å². The van der Waals surface area contributed by atoms with Crippen LogP contribution in [0, 0.1) is 6.92 Å². The van der Waals surface area contributed by atoms with Crippen LogP contribution in [0.1, 0.15) is 5.56 Å². The first-order valence-electron chi connectivity index (χ1n) is 6.54. The Hall–Kier alpha value is -0.950. The van der Waals surface area contributed by atoms with Crippen molar-refractivity contribution < 1.29 is 18.4 Å². The fraction of sp³-hybridized carbons (Fsp3) is 0.571. The van der Waals surface area contributed by atoms with Gasteiger partial charge < -0.3 is 19.9 Å². The second-order valence-corrected chi connectivity index (χ2v) is 5.79. The number of aryl methyl sites for hydroxylation is 1. The number of methoxy groups -OCH3 is 1. The van der Waals surface area contributed by atoms with E-state index in [4.69, 9.17) is 19.9 Å². The predicted octanol–water partition coefficient (Wildman–Crippen LogP) is 1.36. The quantitative estimate of drug-likeness (QED) is 0.522. The number of nitrogen functional groups attached to an aromatic ring is 1. The highest BCUT2D eigenvalue weighted by molar-refractivity contribution is 7.85. The van der Waals surface area contributed by atoms with Crippen LogP contribution >= 0.6 is 0 Å². The van der Waals surface area contributed by atoms with Gasteiger partial charge >= 0.3 is 0 Å². The zero-order chi connectivity index (χ0) is 14.8. The Balaban J connectivity index is 2.19. The van der Waals surface area contributed by atoms with E-state index in [9.17, 15) is 4.21 Å².